The first-order chi connectivity index (χ1) is 9.76. The summed E-state index contributed by atoms with van der Waals surface area (Å²) in [5.74, 6) is -1.04. The minimum absolute atomic E-state index is 0.105. The van der Waals surface area contributed by atoms with Crippen molar-refractivity contribution in [1.82, 2.24) is 16.0 Å². The highest BCUT2D eigenvalue weighted by molar-refractivity contribution is 5.83. The van der Waals surface area contributed by atoms with Crippen molar-refractivity contribution in [2.45, 2.75) is 59.0 Å². The van der Waals surface area contributed by atoms with Crippen LogP contribution in [0.3, 0.4) is 0 Å². The van der Waals surface area contributed by atoms with E-state index in [-0.39, 0.29) is 30.8 Å². The van der Waals surface area contributed by atoms with Gasteiger partial charge in [-0.25, -0.2) is 9.59 Å². The van der Waals surface area contributed by atoms with Crippen LogP contribution in [0, 0.1) is 5.92 Å². The van der Waals surface area contributed by atoms with E-state index in [0.29, 0.717) is 6.42 Å². The Morgan fingerprint density at radius 1 is 1.10 bits per heavy atom. The summed E-state index contributed by atoms with van der Waals surface area (Å²) in [6.45, 7) is 7.81. The topological polar surface area (TPSA) is 108 Å². The molecule has 0 aromatic heterocycles. The maximum Gasteiger partial charge on any atom is 0.326 e. The molecule has 0 saturated heterocycles. The predicted molar refractivity (Wildman–Crippen MR) is 79.9 cm³/mol. The third-order valence-electron chi connectivity index (χ3n) is 2.97. The summed E-state index contributed by atoms with van der Waals surface area (Å²) in [5, 5.41) is 16.7. The first-order valence-electron chi connectivity index (χ1n) is 7.32. The standard InChI is InChI=1S/C14H27N3O4/c1-5-10(4)16-12(18)6-7-15-14(21)17-11(13(19)20)8-9(2)3/h9-11H,5-8H2,1-4H3,(H,16,18)(H,19,20)(H2,15,17,21)/t10?,11-/m1/s1. The highest BCUT2D eigenvalue weighted by atomic mass is 16.4. The molecule has 2 atom stereocenters. The molecular weight excluding hydrogens is 274 g/mol. The molecule has 3 amide bonds. The lowest BCUT2D eigenvalue weighted by molar-refractivity contribution is -0.139. The van der Waals surface area contributed by atoms with Crippen LogP contribution in [-0.2, 0) is 9.59 Å². The highest BCUT2D eigenvalue weighted by Gasteiger charge is 2.20. The molecule has 0 aromatic rings. The molecule has 0 radical (unpaired) electrons. The second-order valence-corrected chi connectivity index (χ2v) is 5.55. The molecule has 0 aliphatic rings. The summed E-state index contributed by atoms with van der Waals surface area (Å²) in [6.07, 6.45) is 1.37. The number of aliphatic carboxylic acids is 1. The largest absolute Gasteiger partial charge is 0.480 e. The van der Waals surface area contributed by atoms with Gasteiger partial charge < -0.3 is 21.1 Å². The van der Waals surface area contributed by atoms with E-state index in [1.807, 2.05) is 27.7 Å². The lowest BCUT2D eigenvalue weighted by Gasteiger charge is -2.17. The van der Waals surface area contributed by atoms with Crippen LogP contribution in [0.25, 0.3) is 0 Å². The number of carboxylic acid groups (broad SMARTS) is 1. The molecule has 0 bridgehead atoms. The van der Waals surface area contributed by atoms with E-state index in [4.69, 9.17) is 5.11 Å². The highest BCUT2D eigenvalue weighted by Crippen LogP contribution is 2.04. The van der Waals surface area contributed by atoms with Gasteiger partial charge in [-0.3, -0.25) is 4.79 Å². The van der Waals surface area contributed by atoms with E-state index in [1.165, 1.54) is 0 Å². The van der Waals surface area contributed by atoms with Crippen molar-refractivity contribution in [1.29, 1.82) is 0 Å². The van der Waals surface area contributed by atoms with Crippen molar-refractivity contribution < 1.29 is 19.5 Å². The van der Waals surface area contributed by atoms with E-state index in [9.17, 15) is 14.4 Å². The van der Waals surface area contributed by atoms with Gasteiger partial charge in [0.15, 0.2) is 0 Å². The molecule has 0 saturated carbocycles. The monoisotopic (exact) mass is 301 g/mol. The van der Waals surface area contributed by atoms with E-state index in [1.54, 1.807) is 0 Å². The van der Waals surface area contributed by atoms with Gasteiger partial charge >= 0.3 is 12.0 Å². The van der Waals surface area contributed by atoms with Crippen LogP contribution in [0.4, 0.5) is 4.79 Å². The Balaban J connectivity index is 4.03. The molecule has 0 aromatic carbocycles. The van der Waals surface area contributed by atoms with Crippen LogP contribution in [0.5, 0.6) is 0 Å². The Morgan fingerprint density at radius 2 is 1.71 bits per heavy atom. The maximum absolute atomic E-state index is 11.6. The van der Waals surface area contributed by atoms with Crippen LogP contribution in [-0.4, -0.2) is 41.6 Å². The van der Waals surface area contributed by atoms with Gasteiger partial charge in [-0.2, -0.15) is 0 Å². The second kappa shape index (κ2) is 10.0. The van der Waals surface area contributed by atoms with Gasteiger partial charge in [0.25, 0.3) is 0 Å². The van der Waals surface area contributed by atoms with Crippen molar-refractivity contribution in [3.63, 3.8) is 0 Å². The Kier molecular flexibility index (Phi) is 9.16. The lowest BCUT2D eigenvalue weighted by Crippen LogP contribution is -2.47. The third-order valence-corrected chi connectivity index (χ3v) is 2.97. The number of carbonyl (C=O) groups is 3. The summed E-state index contributed by atoms with van der Waals surface area (Å²) in [5.41, 5.74) is 0. The van der Waals surface area contributed by atoms with Gasteiger partial charge in [0.1, 0.15) is 6.04 Å². The van der Waals surface area contributed by atoms with Crippen molar-refractivity contribution in [2.24, 2.45) is 5.92 Å². The summed E-state index contributed by atoms with van der Waals surface area (Å²) >= 11 is 0. The average molecular weight is 301 g/mol. The number of rotatable bonds is 9. The van der Waals surface area contributed by atoms with Gasteiger partial charge in [-0.1, -0.05) is 20.8 Å². The predicted octanol–water partition coefficient (Wildman–Crippen LogP) is 1.09. The number of nitrogens with one attached hydrogen (secondary N) is 3. The van der Waals surface area contributed by atoms with Crippen LogP contribution >= 0.6 is 0 Å². The number of carbonyl (C=O) groups excluding carboxylic acids is 2. The van der Waals surface area contributed by atoms with E-state index < -0.39 is 18.0 Å². The molecule has 7 heteroatoms. The molecule has 122 valence electrons. The Bertz CT molecular complexity index is 358. The first-order valence-corrected chi connectivity index (χ1v) is 7.32. The fourth-order valence-corrected chi connectivity index (χ4v) is 1.64. The zero-order valence-electron chi connectivity index (χ0n) is 13.2. The molecule has 7 nitrogen and oxygen atoms in total. The van der Waals surface area contributed by atoms with Gasteiger partial charge in [0, 0.05) is 19.0 Å². The van der Waals surface area contributed by atoms with E-state index in [0.717, 1.165) is 6.42 Å². The molecule has 0 spiro atoms. The number of hydrogen-bond donors (Lipinski definition) is 4. The molecule has 1 unspecified atom stereocenters. The minimum Gasteiger partial charge on any atom is -0.480 e. The van der Waals surface area contributed by atoms with Gasteiger partial charge in [0.2, 0.25) is 5.91 Å². The van der Waals surface area contributed by atoms with Crippen molar-refractivity contribution in [3.05, 3.63) is 0 Å². The fraction of sp³-hybridized carbons (Fsp3) is 0.786. The summed E-state index contributed by atoms with van der Waals surface area (Å²) in [6, 6.07) is -1.38. The molecule has 0 heterocycles. The minimum atomic E-state index is -1.06. The maximum atomic E-state index is 11.6. The Morgan fingerprint density at radius 3 is 2.19 bits per heavy atom. The Hall–Kier alpha value is -1.79. The van der Waals surface area contributed by atoms with Crippen molar-refractivity contribution >= 4 is 17.9 Å². The van der Waals surface area contributed by atoms with E-state index in [2.05, 4.69) is 16.0 Å². The SMILES string of the molecule is CCC(C)NC(=O)CCNC(=O)N[C@H](CC(C)C)C(=O)O. The third kappa shape index (κ3) is 9.70. The quantitative estimate of drug-likeness (QED) is 0.511. The fourth-order valence-electron chi connectivity index (χ4n) is 1.64. The Labute approximate surface area is 125 Å². The summed E-state index contributed by atoms with van der Waals surface area (Å²) in [4.78, 5) is 34.1. The van der Waals surface area contributed by atoms with Crippen molar-refractivity contribution in [3.8, 4) is 0 Å². The molecule has 0 rings (SSSR count). The second-order valence-electron chi connectivity index (χ2n) is 5.55. The number of amides is 3. The van der Waals surface area contributed by atoms with Crippen LogP contribution in [0.1, 0.15) is 47.0 Å². The first kappa shape index (κ1) is 19.2. The molecule has 21 heavy (non-hydrogen) atoms. The zero-order valence-corrected chi connectivity index (χ0v) is 13.2. The van der Waals surface area contributed by atoms with Gasteiger partial charge in [-0.15, -0.1) is 0 Å². The van der Waals surface area contributed by atoms with Gasteiger partial charge in [0.05, 0.1) is 0 Å². The average Bonchev–Trinajstić information content (AvgIpc) is 2.36. The zero-order chi connectivity index (χ0) is 16.4. The van der Waals surface area contributed by atoms with Crippen LogP contribution < -0.4 is 16.0 Å². The number of urea groups is 1. The number of hydrogen-bond acceptors (Lipinski definition) is 3. The lowest BCUT2D eigenvalue weighted by atomic mass is 10.0. The smallest absolute Gasteiger partial charge is 0.326 e. The van der Waals surface area contributed by atoms with Gasteiger partial charge in [-0.05, 0) is 25.7 Å². The van der Waals surface area contributed by atoms with Crippen molar-refractivity contribution in [2.75, 3.05) is 6.54 Å². The van der Waals surface area contributed by atoms with E-state index >= 15 is 0 Å². The molecule has 4 N–H and O–H groups in total. The summed E-state index contributed by atoms with van der Waals surface area (Å²) < 4.78 is 0. The molecule has 0 aliphatic carbocycles. The summed E-state index contributed by atoms with van der Waals surface area (Å²) in [7, 11) is 0. The van der Waals surface area contributed by atoms with Crippen LogP contribution in [0.2, 0.25) is 0 Å². The molecule has 0 fully saturated rings. The molecule has 0 aliphatic heterocycles. The molecular formula is C14H27N3O4. The van der Waals surface area contributed by atoms with Crippen LogP contribution in [0.15, 0.2) is 0 Å². The number of carboxylic acids is 1. The normalized spacial score (nSPS) is 13.4.